The average Bonchev–Trinajstić information content (AvgIpc) is 3.29. The molecule has 1 aliphatic rings. The van der Waals surface area contributed by atoms with Gasteiger partial charge in [0.2, 0.25) is 0 Å². The standard InChI is InChI=1S/C51H53NO8/c52-44(51(53)54)28-42-26-27-43(45(29-42)56-32-38-18-8-2-9-19-38)30-46-48(57-33-39-20-10-3-11-21-39)50(59-35-41-24-14-5-15-25-41)49(58-34-40-22-12-4-13-23-40)47(60-46)36-55-31-37-16-6-1-7-17-37/h1-27,29,44,46-50H,28,30-36,52H2,(H,53,54)/t44-,46-,47+,48-,49+,50+/m0/s1. The molecule has 310 valence electrons. The molecule has 0 aliphatic carbocycles. The van der Waals surface area contributed by atoms with E-state index >= 15 is 0 Å². The number of carboxylic acids is 1. The molecule has 6 atom stereocenters. The zero-order chi connectivity index (χ0) is 41.4. The van der Waals surface area contributed by atoms with Crippen LogP contribution < -0.4 is 10.5 Å². The maximum Gasteiger partial charge on any atom is 0.320 e. The molecule has 6 aromatic rings. The van der Waals surface area contributed by atoms with Gasteiger partial charge in [-0.15, -0.1) is 0 Å². The summed E-state index contributed by atoms with van der Waals surface area (Å²) < 4.78 is 40.9. The van der Waals surface area contributed by atoms with E-state index in [0.717, 1.165) is 38.9 Å². The summed E-state index contributed by atoms with van der Waals surface area (Å²) in [6, 6.07) is 54.9. The number of benzene rings is 6. The highest BCUT2D eigenvalue weighted by Gasteiger charge is 2.48. The topological polar surface area (TPSA) is 119 Å². The van der Waals surface area contributed by atoms with Gasteiger partial charge in [-0.05, 0) is 51.4 Å². The van der Waals surface area contributed by atoms with E-state index in [2.05, 4.69) is 0 Å². The summed E-state index contributed by atoms with van der Waals surface area (Å²) in [7, 11) is 0. The lowest BCUT2D eigenvalue weighted by molar-refractivity contribution is -0.272. The van der Waals surface area contributed by atoms with Crippen LogP contribution in [0.2, 0.25) is 0 Å². The Balaban J connectivity index is 1.25. The fraction of sp³-hybridized carbons (Fsp3) is 0.275. The van der Waals surface area contributed by atoms with Crippen molar-refractivity contribution in [3.63, 3.8) is 0 Å². The first kappa shape index (κ1) is 42.5. The van der Waals surface area contributed by atoms with E-state index in [1.807, 2.05) is 170 Å². The predicted molar refractivity (Wildman–Crippen MR) is 230 cm³/mol. The van der Waals surface area contributed by atoms with Crippen LogP contribution in [0.5, 0.6) is 5.75 Å². The molecule has 0 bridgehead atoms. The Morgan fingerprint density at radius 1 is 0.533 bits per heavy atom. The van der Waals surface area contributed by atoms with Crippen molar-refractivity contribution in [3.8, 4) is 5.75 Å². The number of hydrogen-bond acceptors (Lipinski definition) is 8. The van der Waals surface area contributed by atoms with E-state index in [1.165, 1.54) is 0 Å². The van der Waals surface area contributed by atoms with Gasteiger partial charge in [0.1, 0.15) is 42.8 Å². The number of nitrogens with two attached hydrogens (primary N) is 1. The van der Waals surface area contributed by atoms with Crippen LogP contribution in [0.4, 0.5) is 0 Å². The number of carboxylic acid groups (broad SMARTS) is 1. The van der Waals surface area contributed by atoms with Crippen LogP contribution >= 0.6 is 0 Å². The Morgan fingerprint density at radius 3 is 1.45 bits per heavy atom. The first-order valence-electron chi connectivity index (χ1n) is 20.5. The van der Waals surface area contributed by atoms with Gasteiger partial charge in [-0.1, -0.05) is 164 Å². The number of carbonyl (C=O) groups is 1. The van der Waals surface area contributed by atoms with Crippen molar-refractivity contribution in [2.24, 2.45) is 5.73 Å². The number of ether oxygens (including phenoxy) is 6. The van der Waals surface area contributed by atoms with Gasteiger partial charge in [0.15, 0.2) is 0 Å². The lowest BCUT2D eigenvalue weighted by Gasteiger charge is -2.46. The van der Waals surface area contributed by atoms with Gasteiger partial charge in [0.25, 0.3) is 0 Å². The third-order valence-electron chi connectivity index (χ3n) is 10.5. The number of aliphatic carboxylic acids is 1. The molecule has 7 rings (SSSR count). The first-order valence-corrected chi connectivity index (χ1v) is 20.5. The molecule has 0 spiro atoms. The summed E-state index contributed by atoms with van der Waals surface area (Å²) in [4.78, 5) is 11.7. The molecule has 0 unspecified atom stereocenters. The van der Waals surface area contributed by atoms with Gasteiger partial charge in [-0.3, -0.25) is 4.79 Å². The molecule has 1 fully saturated rings. The highest BCUT2D eigenvalue weighted by molar-refractivity contribution is 5.73. The van der Waals surface area contributed by atoms with Crippen molar-refractivity contribution in [2.75, 3.05) is 6.61 Å². The Kier molecular flexibility index (Phi) is 15.6. The maximum atomic E-state index is 11.7. The SMILES string of the molecule is N[C@@H](Cc1ccc(C[C@@H]2O[C@H](COCc3ccccc3)[C@@H](OCc3ccccc3)[C@H](OCc3ccccc3)[C@H]2OCc2ccccc2)c(OCc2ccccc2)c1)C(=O)O. The van der Waals surface area contributed by atoms with Gasteiger partial charge in [0.05, 0.1) is 39.1 Å². The maximum absolute atomic E-state index is 11.7. The smallest absolute Gasteiger partial charge is 0.320 e. The fourth-order valence-corrected chi connectivity index (χ4v) is 7.37. The minimum absolute atomic E-state index is 0.150. The van der Waals surface area contributed by atoms with Crippen molar-refractivity contribution in [1.82, 2.24) is 0 Å². The number of hydrogen-bond donors (Lipinski definition) is 2. The largest absolute Gasteiger partial charge is 0.489 e. The molecule has 1 aliphatic heterocycles. The lowest BCUT2D eigenvalue weighted by atomic mass is 9.90. The van der Waals surface area contributed by atoms with Crippen molar-refractivity contribution in [2.45, 2.75) is 82.4 Å². The Hall–Kier alpha value is -5.65. The van der Waals surface area contributed by atoms with E-state index in [9.17, 15) is 9.90 Å². The summed E-state index contributed by atoms with van der Waals surface area (Å²) in [5.41, 5.74) is 12.7. The monoisotopic (exact) mass is 807 g/mol. The number of rotatable bonds is 21. The molecule has 1 heterocycles. The highest BCUT2D eigenvalue weighted by atomic mass is 16.6. The minimum atomic E-state index is -1.06. The van der Waals surface area contributed by atoms with Crippen LogP contribution in [0.1, 0.15) is 38.9 Å². The van der Waals surface area contributed by atoms with Crippen molar-refractivity contribution in [1.29, 1.82) is 0 Å². The van der Waals surface area contributed by atoms with Crippen molar-refractivity contribution in [3.05, 3.63) is 209 Å². The van der Waals surface area contributed by atoms with Crippen LogP contribution in [-0.2, 0) is 74.4 Å². The second kappa shape index (κ2) is 22.1. The third-order valence-corrected chi connectivity index (χ3v) is 10.5. The Morgan fingerprint density at radius 2 is 0.967 bits per heavy atom. The van der Waals surface area contributed by atoms with Crippen LogP contribution in [0.3, 0.4) is 0 Å². The minimum Gasteiger partial charge on any atom is -0.489 e. The zero-order valence-electron chi connectivity index (χ0n) is 33.7. The van der Waals surface area contributed by atoms with E-state index in [1.54, 1.807) is 0 Å². The van der Waals surface area contributed by atoms with E-state index < -0.39 is 42.5 Å². The van der Waals surface area contributed by atoms with Gasteiger partial charge in [-0.25, -0.2) is 0 Å². The normalized spacial score (nSPS) is 19.4. The van der Waals surface area contributed by atoms with Gasteiger partial charge in [-0.2, -0.15) is 0 Å². The van der Waals surface area contributed by atoms with E-state index in [4.69, 9.17) is 34.2 Å². The zero-order valence-corrected chi connectivity index (χ0v) is 33.7. The molecular weight excluding hydrogens is 755 g/mol. The van der Waals surface area contributed by atoms with Gasteiger partial charge in [0, 0.05) is 6.42 Å². The molecule has 0 saturated carbocycles. The van der Waals surface area contributed by atoms with Crippen LogP contribution in [-0.4, -0.2) is 54.2 Å². The van der Waals surface area contributed by atoms with Gasteiger partial charge >= 0.3 is 5.97 Å². The predicted octanol–water partition coefficient (Wildman–Crippen LogP) is 8.50. The molecule has 3 N–H and O–H groups in total. The molecule has 0 amide bonds. The lowest BCUT2D eigenvalue weighted by Crippen LogP contribution is -2.61. The first-order chi connectivity index (χ1) is 29.5. The summed E-state index contributed by atoms with van der Waals surface area (Å²) in [5.74, 6) is -0.452. The van der Waals surface area contributed by atoms with Crippen molar-refractivity contribution < 1.29 is 38.3 Å². The summed E-state index contributed by atoms with van der Waals surface area (Å²) >= 11 is 0. The summed E-state index contributed by atoms with van der Waals surface area (Å²) in [5, 5.41) is 9.60. The quantitative estimate of drug-likeness (QED) is 0.0738. The van der Waals surface area contributed by atoms with Crippen LogP contribution in [0.15, 0.2) is 170 Å². The molecule has 0 aromatic heterocycles. The molecule has 0 radical (unpaired) electrons. The van der Waals surface area contributed by atoms with E-state index in [-0.39, 0.29) is 13.0 Å². The summed E-state index contributed by atoms with van der Waals surface area (Å²) in [6.45, 7) is 1.94. The highest BCUT2D eigenvalue weighted by Crippen LogP contribution is 2.35. The third kappa shape index (κ3) is 12.4. The van der Waals surface area contributed by atoms with E-state index in [0.29, 0.717) is 45.2 Å². The van der Waals surface area contributed by atoms with Gasteiger partial charge < -0.3 is 39.3 Å². The molecule has 9 heteroatoms. The Labute approximate surface area is 352 Å². The molecule has 6 aromatic carbocycles. The Bertz CT molecular complexity index is 2160. The fourth-order valence-electron chi connectivity index (χ4n) is 7.37. The summed E-state index contributed by atoms with van der Waals surface area (Å²) in [6.07, 6.45) is -2.29. The molecule has 9 nitrogen and oxygen atoms in total. The van der Waals surface area contributed by atoms with Crippen molar-refractivity contribution >= 4 is 5.97 Å². The molecule has 1 saturated heterocycles. The van der Waals surface area contributed by atoms with Crippen LogP contribution in [0, 0.1) is 0 Å². The second-order valence-corrected chi connectivity index (χ2v) is 15.1. The second-order valence-electron chi connectivity index (χ2n) is 15.1. The average molecular weight is 808 g/mol. The molecular formula is C51H53NO8. The molecule has 60 heavy (non-hydrogen) atoms. The van der Waals surface area contributed by atoms with Crippen LogP contribution in [0.25, 0.3) is 0 Å².